The summed E-state index contributed by atoms with van der Waals surface area (Å²) in [6, 6.07) is 6.14. The molecule has 3 N–H and O–H groups in total. The molecular weight excluding hydrogens is 228 g/mol. The zero-order valence-corrected chi connectivity index (χ0v) is 11.3. The standard InChI is InChI=1S/C14H22N2O2/c1-9(10-4-5-10)14(16-15)11-6-7-12(17-2)13(8-11)18-3/h6-10,14,16H,4-5,15H2,1-3H3. The summed E-state index contributed by atoms with van der Waals surface area (Å²) in [6.07, 6.45) is 2.62. The van der Waals surface area contributed by atoms with E-state index in [0.717, 1.165) is 23.0 Å². The van der Waals surface area contributed by atoms with Gasteiger partial charge in [-0.2, -0.15) is 0 Å². The molecule has 4 heteroatoms. The van der Waals surface area contributed by atoms with E-state index < -0.39 is 0 Å². The molecule has 1 fully saturated rings. The third kappa shape index (κ3) is 2.60. The van der Waals surface area contributed by atoms with Crippen molar-refractivity contribution in [3.05, 3.63) is 23.8 Å². The fourth-order valence-corrected chi connectivity index (χ4v) is 2.49. The molecule has 0 saturated heterocycles. The van der Waals surface area contributed by atoms with E-state index in [1.807, 2.05) is 18.2 Å². The van der Waals surface area contributed by atoms with E-state index in [2.05, 4.69) is 12.3 Å². The van der Waals surface area contributed by atoms with Gasteiger partial charge in [-0.25, -0.2) is 0 Å². The number of methoxy groups -OCH3 is 2. The summed E-state index contributed by atoms with van der Waals surface area (Å²) < 4.78 is 10.6. The Hall–Kier alpha value is -1.26. The van der Waals surface area contributed by atoms with Crippen molar-refractivity contribution in [3.63, 3.8) is 0 Å². The Kier molecular flexibility index (Phi) is 4.09. The van der Waals surface area contributed by atoms with Crippen LogP contribution in [0, 0.1) is 11.8 Å². The largest absolute Gasteiger partial charge is 0.493 e. The lowest BCUT2D eigenvalue weighted by Gasteiger charge is -2.24. The maximum absolute atomic E-state index is 5.71. The quantitative estimate of drug-likeness (QED) is 0.600. The summed E-state index contributed by atoms with van der Waals surface area (Å²) in [6.45, 7) is 2.25. The molecule has 1 aliphatic rings. The third-order valence-corrected chi connectivity index (χ3v) is 3.84. The summed E-state index contributed by atoms with van der Waals surface area (Å²) >= 11 is 0. The maximum atomic E-state index is 5.71. The van der Waals surface area contributed by atoms with Gasteiger partial charge in [0.1, 0.15) is 0 Å². The average molecular weight is 250 g/mol. The van der Waals surface area contributed by atoms with Crippen LogP contribution in [0.5, 0.6) is 11.5 Å². The van der Waals surface area contributed by atoms with Crippen LogP contribution in [0.25, 0.3) is 0 Å². The topological polar surface area (TPSA) is 56.5 Å². The zero-order chi connectivity index (χ0) is 13.1. The molecule has 2 unspecified atom stereocenters. The molecular formula is C14H22N2O2. The van der Waals surface area contributed by atoms with Gasteiger partial charge in [-0.1, -0.05) is 13.0 Å². The normalized spacial score (nSPS) is 18.2. The Bertz CT molecular complexity index is 405. The van der Waals surface area contributed by atoms with Gasteiger partial charge in [0.25, 0.3) is 0 Å². The summed E-state index contributed by atoms with van der Waals surface area (Å²) in [5, 5.41) is 0. The molecule has 2 atom stereocenters. The van der Waals surface area contributed by atoms with Crippen molar-refractivity contribution in [1.82, 2.24) is 5.43 Å². The molecule has 1 aliphatic carbocycles. The number of nitrogens with one attached hydrogen (secondary N) is 1. The highest BCUT2D eigenvalue weighted by Gasteiger charge is 2.33. The second-order valence-corrected chi connectivity index (χ2v) is 4.96. The van der Waals surface area contributed by atoms with Crippen LogP contribution >= 0.6 is 0 Å². The lowest BCUT2D eigenvalue weighted by Crippen LogP contribution is -2.33. The van der Waals surface area contributed by atoms with E-state index in [9.17, 15) is 0 Å². The Morgan fingerprint density at radius 1 is 1.22 bits per heavy atom. The maximum Gasteiger partial charge on any atom is 0.161 e. The van der Waals surface area contributed by atoms with Gasteiger partial charge >= 0.3 is 0 Å². The monoisotopic (exact) mass is 250 g/mol. The number of hydrazine groups is 1. The predicted molar refractivity (Wildman–Crippen MR) is 71.5 cm³/mol. The van der Waals surface area contributed by atoms with E-state index >= 15 is 0 Å². The lowest BCUT2D eigenvalue weighted by atomic mass is 9.91. The first-order chi connectivity index (χ1) is 8.71. The summed E-state index contributed by atoms with van der Waals surface area (Å²) in [4.78, 5) is 0. The molecule has 100 valence electrons. The van der Waals surface area contributed by atoms with Gasteiger partial charge < -0.3 is 9.47 Å². The average Bonchev–Trinajstić information content (AvgIpc) is 3.23. The minimum Gasteiger partial charge on any atom is -0.493 e. The fraction of sp³-hybridized carbons (Fsp3) is 0.571. The van der Waals surface area contributed by atoms with Crippen LogP contribution in [0.3, 0.4) is 0 Å². The first-order valence-corrected chi connectivity index (χ1v) is 6.39. The van der Waals surface area contributed by atoms with Gasteiger partial charge in [-0.15, -0.1) is 0 Å². The van der Waals surface area contributed by atoms with Crippen LogP contribution < -0.4 is 20.7 Å². The van der Waals surface area contributed by atoms with E-state index in [1.165, 1.54) is 12.8 Å². The second kappa shape index (κ2) is 5.59. The Balaban J connectivity index is 2.24. The van der Waals surface area contributed by atoms with E-state index in [1.54, 1.807) is 14.2 Å². The van der Waals surface area contributed by atoms with Crippen LogP contribution in [0.2, 0.25) is 0 Å². The highest BCUT2D eigenvalue weighted by atomic mass is 16.5. The molecule has 0 aliphatic heterocycles. The van der Waals surface area contributed by atoms with Gasteiger partial charge in [-0.3, -0.25) is 11.3 Å². The van der Waals surface area contributed by atoms with Crippen LogP contribution in [0.4, 0.5) is 0 Å². The molecule has 1 saturated carbocycles. The van der Waals surface area contributed by atoms with Crippen molar-refractivity contribution in [1.29, 1.82) is 0 Å². The van der Waals surface area contributed by atoms with E-state index in [4.69, 9.17) is 15.3 Å². The molecule has 1 aromatic carbocycles. The number of hydrogen-bond donors (Lipinski definition) is 2. The summed E-state index contributed by atoms with van der Waals surface area (Å²) in [5.74, 6) is 8.53. The molecule has 2 rings (SSSR count). The molecule has 1 aromatic rings. The van der Waals surface area contributed by atoms with Crippen LogP contribution in [-0.4, -0.2) is 14.2 Å². The molecule has 0 amide bonds. The Morgan fingerprint density at radius 2 is 1.89 bits per heavy atom. The fourth-order valence-electron chi connectivity index (χ4n) is 2.49. The van der Waals surface area contributed by atoms with E-state index in [0.29, 0.717) is 5.92 Å². The highest BCUT2D eigenvalue weighted by Crippen LogP contribution is 2.43. The second-order valence-electron chi connectivity index (χ2n) is 4.96. The van der Waals surface area contributed by atoms with Gasteiger partial charge in [0.15, 0.2) is 11.5 Å². The van der Waals surface area contributed by atoms with Crippen LogP contribution in [0.15, 0.2) is 18.2 Å². The number of hydrogen-bond acceptors (Lipinski definition) is 4. The molecule has 4 nitrogen and oxygen atoms in total. The summed E-state index contributed by atoms with van der Waals surface area (Å²) in [5.41, 5.74) is 4.08. The van der Waals surface area contributed by atoms with Gasteiger partial charge in [0.2, 0.25) is 0 Å². The van der Waals surface area contributed by atoms with Crippen molar-refractivity contribution in [2.45, 2.75) is 25.8 Å². The number of nitrogens with two attached hydrogens (primary N) is 1. The van der Waals surface area contributed by atoms with Crippen molar-refractivity contribution < 1.29 is 9.47 Å². The smallest absolute Gasteiger partial charge is 0.161 e. The minimum absolute atomic E-state index is 0.164. The minimum atomic E-state index is 0.164. The van der Waals surface area contributed by atoms with Crippen molar-refractivity contribution in [2.75, 3.05) is 14.2 Å². The van der Waals surface area contributed by atoms with Crippen molar-refractivity contribution in [2.24, 2.45) is 17.7 Å². The van der Waals surface area contributed by atoms with E-state index in [-0.39, 0.29) is 6.04 Å². The third-order valence-electron chi connectivity index (χ3n) is 3.84. The number of rotatable bonds is 6. The van der Waals surface area contributed by atoms with Gasteiger partial charge in [-0.05, 0) is 42.4 Å². The molecule has 0 heterocycles. The molecule has 0 spiro atoms. The Morgan fingerprint density at radius 3 is 2.39 bits per heavy atom. The lowest BCUT2D eigenvalue weighted by molar-refractivity contribution is 0.341. The zero-order valence-electron chi connectivity index (χ0n) is 11.3. The summed E-state index contributed by atoms with van der Waals surface area (Å²) in [7, 11) is 3.29. The van der Waals surface area contributed by atoms with Crippen LogP contribution in [-0.2, 0) is 0 Å². The molecule has 0 bridgehead atoms. The van der Waals surface area contributed by atoms with Gasteiger partial charge in [0, 0.05) is 6.04 Å². The van der Waals surface area contributed by atoms with Crippen molar-refractivity contribution in [3.8, 4) is 11.5 Å². The number of ether oxygens (including phenoxy) is 2. The molecule has 0 radical (unpaired) electrons. The molecule has 18 heavy (non-hydrogen) atoms. The first-order valence-electron chi connectivity index (χ1n) is 6.39. The SMILES string of the molecule is COc1ccc(C(NN)C(C)C2CC2)cc1OC. The van der Waals surface area contributed by atoms with Crippen LogP contribution in [0.1, 0.15) is 31.4 Å². The predicted octanol–water partition coefficient (Wildman–Crippen LogP) is 2.25. The Labute approximate surface area is 108 Å². The van der Waals surface area contributed by atoms with Crippen molar-refractivity contribution >= 4 is 0 Å². The highest BCUT2D eigenvalue weighted by molar-refractivity contribution is 5.44. The molecule has 0 aromatic heterocycles. The number of benzene rings is 1. The first kappa shape index (κ1) is 13.2. The van der Waals surface area contributed by atoms with Gasteiger partial charge in [0.05, 0.1) is 14.2 Å².